The molecule has 0 saturated carbocycles. The number of phenolic OH excluding ortho intramolecular Hbond substituents is 1. The van der Waals surface area contributed by atoms with Crippen LogP contribution in [0.2, 0.25) is 5.02 Å². The average Bonchev–Trinajstić information content (AvgIpc) is 2.27. The summed E-state index contributed by atoms with van der Waals surface area (Å²) < 4.78 is 0. The number of carbonyl (C=O) groups excluding carboxylic acids is 1. The quantitative estimate of drug-likeness (QED) is 0.614. The van der Waals surface area contributed by atoms with Crippen molar-refractivity contribution in [3.8, 4) is 5.75 Å². The number of carbonyl (C=O) groups is 1. The molecule has 19 heavy (non-hydrogen) atoms. The van der Waals surface area contributed by atoms with Crippen LogP contribution in [0.1, 0.15) is 11.1 Å². The van der Waals surface area contributed by atoms with E-state index in [0.29, 0.717) is 29.2 Å². The Bertz CT molecular complexity index is 565. The molecule has 0 unspecified atom stereocenters. The van der Waals surface area contributed by atoms with E-state index >= 15 is 0 Å². The Balaban J connectivity index is 2.54. The number of aromatic hydroxyl groups is 1. The highest BCUT2D eigenvalue weighted by molar-refractivity contribution is 6.31. The molecule has 0 radical (unpaired) electrons. The third-order valence-corrected chi connectivity index (χ3v) is 3.72. The van der Waals surface area contributed by atoms with Gasteiger partial charge in [0, 0.05) is 35.2 Å². The lowest BCUT2D eigenvalue weighted by atomic mass is 9.89. The van der Waals surface area contributed by atoms with Crippen LogP contribution in [-0.2, 0) is 4.79 Å². The van der Waals surface area contributed by atoms with Gasteiger partial charge in [-0.1, -0.05) is 11.6 Å². The standard InChI is InChI=1S/C13H16ClN3O2/c1-6-2-10(18)8(3-9(6)14)12(15)11(13(16)19)7-4-17-5-7/h2-3,7,17-18H,4-5,15H2,1H3,(H2,16,19). The smallest absolute Gasteiger partial charge is 0.247 e. The van der Waals surface area contributed by atoms with Gasteiger partial charge in [-0.05, 0) is 24.6 Å². The highest BCUT2D eigenvalue weighted by Gasteiger charge is 2.28. The van der Waals surface area contributed by atoms with E-state index in [0.717, 1.165) is 5.56 Å². The molecule has 1 saturated heterocycles. The van der Waals surface area contributed by atoms with E-state index in [4.69, 9.17) is 23.1 Å². The second kappa shape index (κ2) is 5.11. The Hall–Kier alpha value is -1.72. The first-order valence-electron chi connectivity index (χ1n) is 5.91. The van der Waals surface area contributed by atoms with Gasteiger partial charge in [0.15, 0.2) is 0 Å². The first-order valence-corrected chi connectivity index (χ1v) is 6.29. The summed E-state index contributed by atoms with van der Waals surface area (Å²) in [4.78, 5) is 11.6. The number of hydrogen-bond acceptors (Lipinski definition) is 4. The van der Waals surface area contributed by atoms with Crippen molar-refractivity contribution >= 4 is 23.2 Å². The fraction of sp³-hybridized carbons (Fsp3) is 0.308. The summed E-state index contributed by atoms with van der Waals surface area (Å²) >= 11 is 6.02. The summed E-state index contributed by atoms with van der Waals surface area (Å²) in [6.45, 7) is 3.08. The molecule has 6 N–H and O–H groups in total. The van der Waals surface area contributed by atoms with Crippen molar-refractivity contribution in [3.05, 3.63) is 33.9 Å². The molecule has 0 aliphatic carbocycles. The fourth-order valence-corrected chi connectivity index (χ4v) is 2.24. The molecule has 6 heteroatoms. The first kappa shape index (κ1) is 13.7. The van der Waals surface area contributed by atoms with Gasteiger partial charge in [-0.2, -0.15) is 0 Å². The van der Waals surface area contributed by atoms with Gasteiger partial charge >= 0.3 is 0 Å². The van der Waals surface area contributed by atoms with E-state index in [2.05, 4.69) is 5.32 Å². The molecule has 1 aliphatic heterocycles. The second-order valence-electron chi connectivity index (χ2n) is 4.67. The number of amides is 1. The summed E-state index contributed by atoms with van der Waals surface area (Å²) in [6, 6.07) is 3.07. The molecule has 1 aromatic rings. The number of phenols is 1. The summed E-state index contributed by atoms with van der Waals surface area (Å²) in [6.07, 6.45) is 0. The molecule has 0 spiro atoms. The van der Waals surface area contributed by atoms with Crippen LogP contribution in [0.25, 0.3) is 5.70 Å². The van der Waals surface area contributed by atoms with Gasteiger partial charge in [0.1, 0.15) is 5.75 Å². The lowest BCUT2D eigenvalue weighted by Crippen LogP contribution is -2.46. The number of primary amides is 1. The molecule has 1 aliphatic rings. The predicted octanol–water partition coefficient (Wildman–Crippen LogP) is 0.729. The maximum Gasteiger partial charge on any atom is 0.247 e. The molecule has 5 nitrogen and oxygen atoms in total. The van der Waals surface area contributed by atoms with Crippen molar-refractivity contribution in [1.29, 1.82) is 0 Å². The van der Waals surface area contributed by atoms with Gasteiger partial charge in [0.2, 0.25) is 5.91 Å². The van der Waals surface area contributed by atoms with Gasteiger partial charge in [-0.3, -0.25) is 4.79 Å². The summed E-state index contributed by atoms with van der Waals surface area (Å²) in [7, 11) is 0. The van der Waals surface area contributed by atoms with E-state index < -0.39 is 5.91 Å². The minimum absolute atomic E-state index is 0.00886. The molecule has 2 rings (SSSR count). The average molecular weight is 282 g/mol. The number of halogens is 1. The van der Waals surface area contributed by atoms with E-state index in [1.807, 2.05) is 0 Å². The zero-order valence-electron chi connectivity index (χ0n) is 10.5. The van der Waals surface area contributed by atoms with Gasteiger partial charge in [0.05, 0.1) is 5.70 Å². The van der Waals surface area contributed by atoms with Crippen LogP contribution in [0.15, 0.2) is 17.7 Å². The minimum Gasteiger partial charge on any atom is -0.507 e. The number of hydrogen-bond donors (Lipinski definition) is 4. The Morgan fingerprint density at radius 3 is 2.53 bits per heavy atom. The van der Waals surface area contributed by atoms with Gasteiger partial charge in [-0.15, -0.1) is 0 Å². The lowest BCUT2D eigenvalue weighted by Gasteiger charge is -2.29. The zero-order chi connectivity index (χ0) is 14.2. The normalized spacial score (nSPS) is 16.7. The van der Waals surface area contributed by atoms with Crippen molar-refractivity contribution in [1.82, 2.24) is 5.32 Å². The van der Waals surface area contributed by atoms with Crippen LogP contribution < -0.4 is 16.8 Å². The first-order chi connectivity index (χ1) is 8.91. The van der Waals surface area contributed by atoms with Crippen LogP contribution in [0.4, 0.5) is 0 Å². The SMILES string of the molecule is Cc1cc(O)c(C(N)=C(C(N)=O)C2CNC2)cc1Cl. The highest BCUT2D eigenvalue weighted by atomic mass is 35.5. The van der Waals surface area contributed by atoms with Crippen molar-refractivity contribution in [3.63, 3.8) is 0 Å². The molecule has 0 bridgehead atoms. The molecule has 1 fully saturated rings. The summed E-state index contributed by atoms with van der Waals surface area (Å²) in [5, 5.41) is 13.5. The Kier molecular flexibility index (Phi) is 3.68. The van der Waals surface area contributed by atoms with Crippen molar-refractivity contribution in [2.24, 2.45) is 17.4 Å². The molecular weight excluding hydrogens is 266 g/mol. The number of aryl methyl sites for hydroxylation is 1. The maximum atomic E-state index is 11.6. The van der Waals surface area contributed by atoms with Crippen LogP contribution in [0.3, 0.4) is 0 Å². The Morgan fingerprint density at radius 1 is 1.42 bits per heavy atom. The van der Waals surface area contributed by atoms with E-state index in [1.54, 1.807) is 13.0 Å². The van der Waals surface area contributed by atoms with Gasteiger partial charge in [0.25, 0.3) is 0 Å². The van der Waals surface area contributed by atoms with Crippen LogP contribution >= 0.6 is 11.6 Å². The van der Waals surface area contributed by atoms with Gasteiger partial charge < -0.3 is 21.9 Å². The number of benzene rings is 1. The van der Waals surface area contributed by atoms with E-state index in [1.165, 1.54) is 6.07 Å². The van der Waals surface area contributed by atoms with Crippen molar-refractivity contribution < 1.29 is 9.90 Å². The van der Waals surface area contributed by atoms with Crippen LogP contribution in [0.5, 0.6) is 5.75 Å². The van der Waals surface area contributed by atoms with E-state index in [9.17, 15) is 9.90 Å². The Morgan fingerprint density at radius 2 is 2.05 bits per heavy atom. The molecule has 1 amide bonds. The largest absolute Gasteiger partial charge is 0.507 e. The third-order valence-electron chi connectivity index (χ3n) is 3.31. The maximum absolute atomic E-state index is 11.6. The van der Waals surface area contributed by atoms with Gasteiger partial charge in [-0.25, -0.2) is 0 Å². The molecule has 0 atom stereocenters. The number of nitrogens with two attached hydrogens (primary N) is 2. The second-order valence-corrected chi connectivity index (χ2v) is 5.07. The number of rotatable bonds is 3. The van der Waals surface area contributed by atoms with Crippen molar-refractivity contribution in [2.45, 2.75) is 6.92 Å². The Labute approximate surface area is 116 Å². The topological polar surface area (TPSA) is 101 Å². The summed E-state index contributed by atoms with van der Waals surface area (Å²) in [5.74, 6) is -0.595. The predicted molar refractivity (Wildman–Crippen MR) is 74.5 cm³/mol. The highest BCUT2D eigenvalue weighted by Crippen LogP contribution is 2.32. The lowest BCUT2D eigenvalue weighted by molar-refractivity contribution is -0.115. The number of nitrogens with one attached hydrogen (secondary N) is 1. The molecule has 0 aromatic heterocycles. The monoisotopic (exact) mass is 281 g/mol. The molecule has 102 valence electrons. The molecule has 1 aromatic carbocycles. The summed E-state index contributed by atoms with van der Waals surface area (Å²) in [5.41, 5.74) is 13.0. The van der Waals surface area contributed by atoms with Crippen molar-refractivity contribution in [2.75, 3.05) is 13.1 Å². The minimum atomic E-state index is -0.569. The molecular formula is C13H16ClN3O2. The zero-order valence-corrected chi connectivity index (χ0v) is 11.3. The fourth-order valence-electron chi connectivity index (χ4n) is 2.07. The third kappa shape index (κ3) is 2.52. The van der Waals surface area contributed by atoms with Crippen LogP contribution in [0, 0.1) is 12.8 Å². The van der Waals surface area contributed by atoms with Crippen LogP contribution in [-0.4, -0.2) is 24.1 Å². The molecule has 1 heterocycles. The van der Waals surface area contributed by atoms with E-state index in [-0.39, 0.29) is 17.4 Å².